The number of rotatable bonds is 7. The molecule has 1 aliphatic heterocycles. The van der Waals surface area contributed by atoms with E-state index >= 15 is 0 Å². The van der Waals surface area contributed by atoms with Crippen molar-refractivity contribution >= 4 is 17.2 Å². The monoisotopic (exact) mass is 388 g/mol. The van der Waals surface area contributed by atoms with Crippen LogP contribution in [-0.4, -0.2) is 36.5 Å². The second-order valence-corrected chi connectivity index (χ2v) is 8.32. The highest BCUT2D eigenvalue weighted by Crippen LogP contribution is 2.56. The fourth-order valence-electron chi connectivity index (χ4n) is 4.11. The Morgan fingerprint density at radius 2 is 2.04 bits per heavy atom. The number of ether oxygens (including phenoxy) is 1. The number of piperidine rings is 1. The highest BCUT2D eigenvalue weighted by molar-refractivity contribution is 7.07. The lowest BCUT2D eigenvalue weighted by Crippen LogP contribution is -2.39. The van der Waals surface area contributed by atoms with Crippen molar-refractivity contribution in [2.24, 2.45) is 5.41 Å². The molecule has 4 rings (SSSR count). The average Bonchev–Trinajstić information content (AvgIpc) is 3.11. The first-order chi connectivity index (χ1) is 13.2. The van der Waals surface area contributed by atoms with Crippen LogP contribution in [0.1, 0.15) is 31.2 Å². The quantitative estimate of drug-likeness (QED) is 0.784. The Balaban J connectivity index is 1.37. The molecule has 1 unspecified atom stereocenters. The van der Waals surface area contributed by atoms with E-state index in [2.05, 4.69) is 27.0 Å². The van der Waals surface area contributed by atoms with Gasteiger partial charge in [-0.3, -0.25) is 4.79 Å². The van der Waals surface area contributed by atoms with Crippen LogP contribution in [0.2, 0.25) is 0 Å². The van der Waals surface area contributed by atoms with Gasteiger partial charge in [-0.25, -0.2) is 4.39 Å². The fraction of sp³-hybridized carbons (Fsp3) is 0.476. The van der Waals surface area contributed by atoms with Crippen LogP contribution in [0.25, 0.3) is 0 Å². The zero-order valence-electron chi connectivity index (χ0n) is 15.3. The van der Waals surface area contributed by atoms with Crippen molar-refractivity contribution in [2.75, 3.05) is 19.7 Å². The van der Waals surface area contributed by atoms with Crippen LogP contribution in [0.4, 0.5) is 4.39 Å². The Labute approximate surface area is 163 Å². The lowest BCUT2D eigenvalue weighted by Gasteiger charge is -2.29. The molecule has 0 bridgehead atoms. The van der Waals surface area contributed by atoms with Crippen LogP contribution in [0, 0.1) is 11.2 Å². The summed E-state index contributed by atoms with van der Waals surface area (Å²) in [6.07, 6.45) is 3.75. The van der Waals surface area contributed by atoms with Crippen molar-refractivity contribution in [1.29, 1.82) is 0 Å². The van der Waals surface area contributed by atoms with Crippen LogP contribution in [0.15, 0.2) is 41.1 Å². The standard InChI is InChI=1S/C21H25FN2O2S/c22-17-1-3-18(4-2-17)26-11-5-20(25)24(14-16-6-12-27-15-16)19-13-21(19)7-9-23-10-8-21/h1-4,6,12,15,19,23H,5,7-11,13-14H2. The van der Waals surface area contributed by atoms with E-state index in [1.165, 1.54) is 17.7 Å². The molecule has 27 heavy (non-hydrogen) atoms. The number of hydrogen-bond donors (Lipinski definition) is 1. The van der Waals surface area contributed by atoms with Crippen molar-refractivity contribution in [3.8, 4) is 5.75 Å². The maximum Gasteiger partial charge on any atom is 0.226 e. The molecule has 4 nitrogen and oxygen atoms in total. The van der Waals surface area contributed by atoms with Crippen LogP contribution >= 0.6 is 11.3 Å². The summed E-state index contributed by atoms with van der Waals surface area (Å²) in [5.41, 5.74) is 1.51. The maximum atomic E-state index is 13.0. The van der Waals surface area contributed by atoms with E-state index in [0.29, 0.717) is 36.8 Å². The largest absolute Gasteiger partial charge is 0.493 e. The number of hydrogen-bond acceptors (Lipinski definition) is 4. The molecule has 1 saturated heterocycles. The van der Waals surface area contributed by atoms with E-state index in [4.69, 9.17) is 4.74 Å². The second kappa shape index (κ2) is 7.98. The maximum absolute atomic E-state index is 13.0. The van der Waals surface area contributed by atoms with Gasteiger partial charge in [0.2, 0.25) is 5.91 Å². The topological polar surface area (TPSA) is 41.6 Å². The molecule has 2 aliphatic rings. The molecule has 2 aromatic rings. The third-order valence-electron chi connectivity index (χ3n) is 5.77. The fourth-order valence-corrected chi connectivity index (χ4v) is 4.77. The smallest absolute Gasteiger partial charge is 0.226 e. The third kappa shape index (κ3) is 4.33. The molecule has 2 heterocycles. The molecule has 1 atom stereocenters. The van der Waals surface area contributed by atoms with Crippen molar-refractivity contribution in [3.63, 3.8) is 0 Å². The Bertz CT molecular complexity index is 757. The number of amides is 1. The van der Waals surface area contributed by atoms with E-state index in [-0.39, 0.29) is 11.7 Å². The zero-order valence-corrected chi connectivity index (χ0v) is 16.1. The number of thiophene rings is 1. The predicted molar refractivity (Wildman–Crippen MR) is 104 cm³/mol. The minimum Gasteiger partial charge on any atom is -0.493 e. The summed E-state index contributed by atoms with van der Waals surface area (Å²) in [5, 5.41) is 7.60. The van der Waals surface area contributed by atoms with Crippen LogP contribution < -0.4 is 10.1 Å². The molecule has 2 fully saturated rings. The van der Waals surface area contributed by atoms with Crippen molar-refractivity contribution in [3.05, 3.63) is 52.5 Å². The zero-order chi connectivity index (χ0) is 18.7. The first-order valence-electron chi connectivity index (χ1n) is 9.56. The van der Waals surface area contributed by atoms with Gasteiger partial charge in [-0.2, -0.15) is 11.3 Å². The lowest BCUT2D eigenvalue weighted by atomic mass is 9.93. The van der Waals surface area contributed by atoms with Gasteiger partial charge in [0.15, 0.2) is 0 Å². The first kappa shape index (κ1) is 18.4. The van der Waals surface area contributed by atoms with Gasteiger partial charge in [0.05, 0.1) is 13.0 Å². The van der Waals surface area contributed by atoms with Crippen LogP contribution in [0.5, 0.6) is 5.75 Å². The van der Waals surface area contributed by atoms with E-state index in [1.54, 1.807) is 23.5 Å². The lowest BCUT2D eigenvalue weighted by molar-refractivity contribution is -0.133. The molecular weight excluding hydrogens is 363 g/mol. The normalized spacial score (nSPS) is 20.4. The molecule has 1 spiro atoms. The minimum atomic E-state index is -0.290. The van der Waals surface area contributed by atoms with E-state index in [0.717, 1.165) is 32.4 Å². The molecular formula is C21H25FN2O2S. The summed E-state index contributed by atoms with van der Waals surface area (Å²) in [6, 6.07) is 8.35. The summed E-state index contributed by atoms with van der Waals surface area (Å²) in [4.78, 5) is 15.1. The Kier molecular flexibility index (Phi) is 5.45. The second-order valence-electron chi connectivity index (χ2n) is 7.54. The number of benzene rings is 1. The molecule has 1 saturated carbocycles. The number of nitrogens with zero attached hydrogens (tertiary/aromatic N) is 1. The summed E-state index contributed by atoms with van der Waals surface area (Å²) < 4.78 is 18.6. The van der Waals surface area contributed by atoms with Crippen molar-refractivity contribution in [1.82, 2.24) is 10.2 Å². The SMILES string of the molecule is O=C(CCOc1ccc(F)cc1)N(Cc1ccsc1)C1CC12CCNCC2. The van der Waals surface area contributed by atoms with Gasteiger partial charge < -0.3 is 15.0 Å². The minimum absolute atomic E-state index is 0.142. The number of halogens is 1. The summed E-state index contributed by atoms with van der Waals surface area (Å²) in [6.45, 7) is 3.08. The number of nitrogens with one attached hydrogen (secondary N) is 1. The molecule has 1 amide bonds. The Morgan fingerprint density at radius 1 is 1.26 bits per heavy atom. The van der Waals surface area contributed by atoms with Gasteiger partial charge in [0.25, 0.3) is 0 Å². The predicted octanol–water partition coefficient (Wildman–Crippen LogP) is 3.83. The summed E-state index contributed by atoms with van der Waals surface area (Å²) in [5.74, 6) is 0.444. The average molecular weight is 389 g/mol. The van der Waals surface area contributed by atoms with Crippen LogP contribution in [-0.2, 0) is 11.3 Å². The van der Waals surface area contributed by atoms with Crippen molar-refractivity contribution < 1.29 is 13.9 Å². The number of carbonyl (C=O) groups is 1. The van der Waals surface area contributed by atoms with Gasteiger partial charge in [-0.15, -0.1) is 0 Å². The molecule has 1 aromatic carbocycles. The molecule has 144 valence electrons. The summed E-state index contributed by atoms with van der Waals surface area (Å²) in [7, 11) is 0. The van der Waals surface area contributed by atoms with Gasteiger partial charge in [0, 0.05) is 12.6 Å². The highest BCUT2D eigenvalue weighted by Gasteiger charge is 2.57. The molecule has 6 heteroatoms. The van der Waals surface area contributed by atoms with Gasteiger partial charge in [-0.05, 0) is 84.4 Å². The van der Waals surface area contributed by atoms with E-state index in [9.17, 15) is 9.18 Å². The molecule has 0 radical (unpaired) electrons. The van der Waals surface area contributed by atoms with Crippen molar-refractivity contribution in [2.45, 2.75) is 38.3 Å². The molecule has 1 aromatic heterocycles. The number of carbonyl (C=O) groups excluding carboxylic acids is 1. The van der Waals surface area contributed by atoms with Gasteiger partial charge >= 0.3 is 0 Å². The van der Waals surface area contributed by atoms with Gasteiger partial charge in [0.1, 0.15) is 11.6 Å². The van der Waals surface area contributed by atoms with Crippen LogP contribution in [0.3, 0.4) is 0 Å². The molecule has 1 N–H and O–H groups in total. The first-order valence-corrected chi connectivity index (χ1v) is 10.5. The van der Waals surface area contributed by atoms with Gasteiger partial charge in [-0.1, -0.05) is 0 Å². The molecule has 1 aliphatic carbocycles. The van der Waals surface area contributed by atoms with E-state index < -0.39 is 0 Å². The Hall–Kier alpha value is -1.92. The Morgan fingerprint density at radius 3 is 2.74 bits per heavy atom. The highest BCUT2D eigenvalue weighted by atomic mass is 32.1. The third-order valence-corrected chi connectivity index (χ3v) is 6.51. The van der Waals surface area contributed by atoms with E-state index in [1.807, 2.05) is 0 Å². The summed E-state index contributed by atoms with van der Waals surface area (Å²) >= 11 is 1.67.